The first-order chi connectivity index (χ1) is 9.65. The van der Waals surface area contributed by atoms with Crippen LogP contribution in [0, 0.1) is 5.92 Å². The van der Waals surface area contributed by atoms with Crippen molar-refractivity contribution in [3.8, 4) is 0 Å². The zero-order chi connectivity index (χ0) is 14.1. The maximum absolute atomic E-state index is 12.0. The number of nitrogens with zero attached hydrogens (tertiary/aromatic N) is 3. The first kappa shape index (κ1) is 13.4. The van der Waals surface area contributed by atoms with Crippen LogP contribution in [0.15, 0.2) is 18.3 Å². The van der Waals surface area contributed by atoms with E-state index in [2.05, 4.69) is 15.2 Å². The molecule has 2 aliphatic rings. The van der Waals surface area contributed by atoms with Gasteiger partial charge in [0.25, 0.3) is 5.91 Å². The minimum absolute atomic E-state index is 0.0402. The van der Waals surface area contributed by atoms with Crippen molar-refractivity contribution in [2.45, 2.75) is 18.9 Å². The third kappa shape index (κ3) is 2.50. The van der Waals surface area contributed by atoms with Crippen LogP contribution in [0.3, 0.4) is 0 Å². The van der Waals surface area contributed by atoms with E-state index in [9.17, 15) is 4.79 Å². The third-order valence-electron chi connectivity index (χ3n) is 4.33. The van der Waals surface area contributed by atoms with Crippen LogP contribution in [0.4, 0.5) is 5.69 Å². The van der Waals surface area contributed by atoms with Crippen molar-refractivity contribution < 1.29 is 4.79 Å². The summed E-state index contributed by atoms with van der Waals surface area (Å²) >= 11 is 0. The number of fused-ring (bicyclic) bond motifs is 1. The summed E-state index contributed by atoms with van der Waals surface area (Å²) in [6.45, 7) is 3.25. The number of nitrogens with one attached hydrogen (secondary N) is 1. The molecule has 20 heavy (non-hydrogen) atoms. The van der Waals surface area contributed by atoms with Gasteiger partial charge in [-0.1, -0.05) is 0 Å². The number of hydrogen-bond donors (Lipinski definition) is 1. The van der Waals surface area contributed by atoms with Gasteiger partial charge in [0, 0.05) is 45.1 Å². The molecule has 2 saturated heterocycles. The molecule has 2 fully saturated rings. The molecular formula is C15H22N4O. The van der Waals surface area contributed by atoms with Gasteiger partial charge in [0.15, 0.2) is 0 Å². The molecule has 1 aromatic heterocycles. The minimum atomic E-state index is -0.0402. The molecule has 3 heterocycles. The van der Waals surface area contributed by atoms with Gasteiger partial charge in [0.2, 0.25) is 0 Å². The van der Waals surface area contributed by atoms with Crippen molar-refractivity contribution in [3.63, 3.8) is 0 Å². The summed E-state index contributed by atoms with van der Waals surface area (Å²) in [6.07, 6.45) is 4.32. The predicted octanol–water partition coefficient (Wildman–Crippen LogP) is 0.972. The van der Waals surface area contributed by atoms with Crippen LogP contribution in [0.1, 0.15) is 23.3 Å². The lowest BCUT2D eigenvalue weighted by molar-refractivity contribution is 0.0822. The molecule has 0 saturated carbocycles. The molecule has 0 aromatic carbocycles. The first-order valence-electron chi connectivity index (χ1n) is 7.31. The van der Waals surface area contributed by atoms with E-state index in [-0.39, 0.29) is 5.91 Å². The van der Waals surface area contributed by atoms with E-state index in [0.717, 1.165) is 31.2 Å². The first-order valence-corrected chi connectivity index (χ1v) is 7.31. The highest BCUT2D eigenvalue weighted by Gasteiger charge is 2.34. The normalized spacial score (nSPS) is 25.4. The van der Waals surface area contributed by atoms with Gasteiger partial charge < -0.3 is 15.1 Å². The maximum Gasteiger partial charge on any atom is 0.272 e. The molecule has 5 heteroatoms. The average Bonchev–Trinajstić information content (AvgIpc) is 2.90. The fraction of sp³-hybridized carbons (Fsp3) is 0.600. The van der Waals surface area contributed by atoms with E-state index in [1.54, 1.807) is 25.2 Å². The number of aromatic nitrogens is 1. The summed E-state index contributed by atoms with van der Waals surface area (Å²) < 4.78 is 0. The Bertz CT molecular complexity index is 488. The van der Waals surface area contributed by atoms with Gasteiger partial charge in [-0.05, 0) is 37.4 Å². The summed E-state index contributed by atoms with van der Waals surface area (Å²) in [7, 11) is 3.51. The second kappa shape index (κ2) is 5.40. The number of rotatable bonds is 2. The molecule has 5 nitrogen and oxygen atoms in total. The van der Waals surface area contributed by atoms with Gasteiger partial charge in [0.05, 0.1) is 0 Å². The number of anilines is 1. The van der Waals surface area contributed by atoms with Crippen LogP contribution in [-0.2, 0) is 0 Å². The van der Waals surface area contributed by atoms with Crippen molar-refractivity contribution in [2.24, 2.45) is 5.92 Å². The fourth-order valence-corrected chi connectivity index (χ4v) is 3.22. The number of hydrogen-bond acceptors (Lipinski definition) is 4. The van der Waals surface area contributed by atoms with Gasteiger partial charge in [-0.3, -0.25) is 9.78 Å². The SMILES string of the molecule is CN(C)C(=O)c1cc(N2CC3CCCNC3C2)ccn1. The second-order valence-electron chi connectivity index (χ2n) is 5.97. The van der Waals surface area contributed by atoms with Crippen LogP contribution < -0.4 is 10.2 Å². The molecule has 0 bridgehead atoms. The van der Waals surface area contributed by atoms with E-state index in [4.69, 9.17) is 0 Å². The zero-order valence-electron chi connectivity index (χ0n) is 12.2. The standard InChI is InChI=1S/C15H22N4O/c1-18(2)15(20)13-8-12(5-7-17-13)19-9-11-4-3-6-16-14(11)10-19/h5,7-8,11,14,16H,3-4,6,9-10H2,1-2H3. The lowest BCUT2D eigenvalue weighted by Gasteiger charge is -2.24. The quantitative estimate of drug-likeness (QED) is 0.873. The van der Waals surface area contributed by atoms with Gasteiger partial charge in [-0.25, -0.2) is 0 Å². The maximum atomic E-state index is 12.0. The van der Waals surface area contributed by atoms with Crippen molar-refractivity contribution in [2.75, 3.05) is 38.6 Å². The fourth-order valence-electron chi connectivity index (χ4n) is 3.22. The number of carbonyl (C=O) groups is 1. The van der Waals surface area contributed by atoms with E-state index >= 15 is 0 Å². The summed E-state index contributed by atoms with van der Waals surface area (Å²) in [5, 5.41) is 3.60. The molecule has 108 valence electrons. The van der Waals surface area contributed by atoms with E-state index in [0.29, 0.717) is 11.7 Å². The average molecular weight is 274 g/mol. The van der Waals surface area contributed by atoms with Crippen LogP contribution in [0.2, 0.25) is 0 Å². The molecule has 2 aliphatic heterocycles. The van der Waals surface area contributed by atoms with Crippen LogP contribution in [0.25, 0.3) is 0 Å². The lowest BCUT2D eigenvalue weighted by atomic mass is 9.94. The van der Waals surface area contributed by atoms with Crippen molar-refractivity contribution >= 4 is 11.6 Å². The number of amides is 1. The summed E-state index contributed by atoms with van der Waals surface area (Å²) in [5.41, 5.74) is 1.64. The summed E-state index contributed by atoms with van der Waals surface area (Å²) in [4.78, 5) is 20.1. The molecule has 1 aromatic rings. The van der Waals surface area contributed by atoms with Crippen molar-refractivity contribution in [1.82, 2.24) is 15.2 Å². The minimum Gasteiger partial charge on any atom is -0.370 e. The molecule has 0 radical (unpaired) electrons. The van der Waals surface area contributed by atoms with Gasteiger partial charge >= 0.3 is 0 Å². The largest absolute Gasteiger partial charge is 0.370 e. The third-order valence-corrected chi connectivity index (χ3v) is 4.33. The van der Waals surface area contributed by atoms with Gasteiger partial charge in [-0.15, -0.1) is 0 Å². The number of piperidine rings is 1. The Hall–Kier alpha value is -1.62. The van der Waals surface area contributed by atoms with Crippen LogP contribution in [-0.4, -0.2) is 55.6 Å². The Labute approximate surface area is 120 Å². The van der Waals surface area contributed by atoms with Crippen molar-refractivity contribution in [3.05, 3.63) is 24.0 Å². The summed E-state index contributed by atoms with van der Waals surface area (Å²) in [5.74, 6) is 0.700. The highest BCUT2D eigenvalue weighted by Crippen LogP contribution is 2.29. The Morgan fingerprint density at radius 1 is 1.45 bits per heavy atom. The van der Waals surface area contributed by atoms with Gasteiger partial charge in [0.1, 0.15) is 5.69 Å². The molecule has 0 aliphatic carbocycles. The van der Waals surface area contributed by atoms with E-state index < -0.39 is 0 Å². The topological polar surface area (TPSA) is 48.5 Å². The molecule has 1 N–H and O–H groups in total. The Kier molecular flexibility index (Phi) is 3.61. The molecule has 0 spiro atoms. The predicted molar refractivity (Wildman–Crippen MR) is 79.0 cm³/mol. The Balaban J connectivity index is 1.77. The number of carbonyl (C=O) groups excluding carboxylic acids is 1. The highest BCUT2D eigenvalue weighted by atomic mass is 16.2. The number of pyridine rings is 1. The Morgan fingerprint density at radius 3 is 3.05 bits per heavy atom. The molecular weight excluding hydrogens is 252 g/mol. The van der Waals surface area contributed by atoms with Crippen LogP contribution in [0.5, 0.6) is 0 Å². The Morgan fingerprint density at radius 2 is 2.30 bits per heavy atom. The second-order valence-corrected chi connectivity index (χ2v) is 5.97. The monoisotopic (exact) mass is 274 g/mol. The molecule has 3 rings (SSSR count). The molecule has 2 unspecified atom stereocenters. The van der Waals surface area contributed by atoms with E-state index in [1.165, 1.54) is 12.8 Å². The zero-order valence-corrected chi connectivity index (χ0v) is 12.2. The summed E-state index contributed by atoms with van der Waals surface area (Å²) in [6, 6.07) is 4.52. The van der Waals surface area contributed by atoms with Gasteiger partial charge in [-0.2, -0.15) is 0 Å². The van der Waals surface area contributed by atoms with E-state index in [1.807, 2.05) is 12.1 Å². The lowest BCUT2D eigenvalue weighted by Crippen LogP contribution is -2.40. The molecule has 2 atom stereocenters. The van der Waals surface area contributed by atoms with Crippen molar-refractivity contribution in [1.29, 1.82) is 0 Å². The smallest absolute Gasteiger partial charge is 0.272 e. The van der Waals surface area contributed by atoms with Crippen LogP contribution >= 0.6 is 0 Å². The molecule has 1 amide bonds. The highest BCUT2D eigenvalue weighted by molar-refractivity contribution is 5.92.